The fourth-order valence-corrected chi connectivity index (χ4v) is 4.82. The van der Waals surface area contributed by atoms with Crippen molar-refractivity contribution in [3.63, 3.8) is 0 Å². The first-order chi connectivity index (χ1) is 12.1. The lowest BCUT2D eigenvalue weighted by Crippen LogP contribution is -2.38. The molecule has 128 valence electrons. The molecule has 0 radical (unpaired) electrons. The van der Waals surface area contributed by atoms with Crippen molar-refractivity contribution >= 4 is 21.1 Å². The van der Waals surface area contributed by atoms with Crippen LogP contribution >= 0.6 is 0 Å². The molecule has 0 aliphatic carbocycles. The van der Waals surface area contributed by atoms with Crippen LogP contribution in [0.15, 0.2) is 65.7 Å². The molecule has 5 nitrogen and oxygen atoms in total. The van der Waals surface area contributed by atoms with Crippen molar-refractivity contribution in [3.8, 4) is 0 Å². The number of rotatable bonds is 3. The number of aromatic nitrogens is 2. The van der Waals surface area contributed by atoms with E-state index in [1.54, 1.807) is 34.8 Å². The Morgan fingerprint density at radius 3 is 2.44 bits per heavy atom. The van der Waals surface area contributed by atoms with E-state index < -0.39 is 10.0 Å². The summed E-state index contributed by atoms with van der Waals surface area (Å²) in [6.07, 6.45) is 3.29. The molecule has 0 saturated carbocycles. The van der Waals surface area contributed by atoms with Crippen molar-refractivity contribution in [2.24, 2.45) is 0 Å². The summed E-state index contributed by atoms with van der Waals surface area (Å²) in [5.74, 6) is 0.272. The van der Waals surface area contributed by atoms with Crippen molar-refractivity contribution in [1.29, 1.82) is 0 Å². The average molecular weight is 353 g/mol. The van der Waals surface area contributed by atoms with Crippen molar-refractivity contribution in [1.82, 2.24) is 14.3 Å². The van der Waals surface area contributed by atoms with E-state index in [1.807, 2.05) is 30.3 Å². The minimum Gasteiger partial charge on any atom is -0.237 e. The first-order valence-electron chi connectivity index (χ1n) is 8.41. The molecule has 0 unspecified atom stereocenters. The summed E-state index contributed by atoms with van der Waals surface area (Å²) in [6.45, 7) is 1.04. The lowest BCUT2D eigenvalue weighted by atomic mass is 9.94. The second-order valence-corrected chi connectivity index (χ2v) is 8.22. The van der Waals surface area contributed by atoms with E-state index >= 15 is 0 Å². The topological polar surface area (TPSA) is 63.2 Å². The zero-order valence-electron chi connectivity index (χ0n) is 13.7. The summed E-state index contributed by atoms with van der Waals surface area (Å²) < 4.78 is 27.0. The van der Waals surface area contributed by atoms with Crippen LogP contribution in [0.2, 0.25) is 0 Å². The smallest absolute Gasteiger partial charge is 0.237 e. The molecule has 0 spiro atoms. The van der Waals surface area contributed by atoms with Crippen molar-refractivity contribution in [3.05, 3.63) is 66.5 Å². The van der Waals surface area contributed by atoms with Crippen LogP contribution in [0.4, 0.5) is 0 Å². The lowest BCUT2D eigenvalue weighted by Gasteiger charge is -2.31. The summed E-state index contributed by atoms with van der Waals surface area (Å²) in [5.41, 5.74) is 1.75. The minimum absolute atomic E-state index is 0.272. The molecule has 1 aromatic carbocycles. The molecule has 1 fully saturated rings. The van der Waals surface area contributed by atoms with Gasteiger partial charge >= 0.3 is 0 Å². The SMILES string of the molecule is O=S(=O)(c1ccccc1)N1CCC(c2ccc3cccnc3n2)CC1. The maximum Gasteiger partial charge on any atom is 0.243 e. The molecule has 4 rings (SSSR count). The Hall–Kier alpha value is -2.31. The van der Waals surface area contributed by atoms with Crippen molar-refractivity contribution in [2.45, 2.75) is 23.7 Å². The van der Waals surface area contributed by atoms with Crippen LogP contribution in [-0.4, -0.2) is 35.8 Å². The lowest BCUT2D eigenvalue weighted by molar-refractivity contribution is 0.317. The Kier molecular flexibility index (Phi) is 4.23. The molecular formula is C19H19N3O2S. The van der Waals surface area contributed by atoms with Crippen LogP contribution in [0.5, 0.6) is 0 Å². The normalized spacial score (nSPS) is 17.0. The van der Waals surface area contributed by atoms with Gasteiger partial charge in [0.1, 0.15) is 0 Å². The minimum atomic E-state index is -3.40. The van der Waals surface area contributed by atoms with Gasteiger partial charge in [-0.3, -0.25) is 0 Å². The van der Waals surface area contributed by atoms with Gasteiger partial charge in [0, 0.05) is 36.3 Å². The highest BCUT2D eigenvalue weighted by molar-refractivity contribution is 7.89. The first kappa shape index (κ1) is 16.2. The number of fused-ring (bicyclic) bond motifs is 1. The number of piperidine rings is 1. The quantitative estimate of drug-likeness (QED) is 0.725. The summed E-state index contributed by atoms with van der Waals surface area (Å²) in [7, 11) is -3.40. The number of hydrogen-bond acceptors (Lipinski definition) is 4. The van der Waals surface area contributed by atoms with E-state index in [4.69, 9.17) is 0 Å². The molecule has 1 aliphatic heterocycles. The van der Waals surface area contributed by atoms with Crippen LogP contribution < -0.4 is 0 Å². The van der Waals surface area contributed by atoms with Gasteiger partial charge < -0.3 is 0 Å². The van der Waals surface area contributed by atoms with E-state index in [9.17, 15) is 8.42 Å². The van der Waals surface area contributed by atoms with Crippen molar-refractivity contribution in [2.75, 3.05) is 13.1 Å². The van der Waals surface area contributed by atoms with Gasteiger partial charge in [0.2, 0.25) is 10.0 Å². The Morgan fingerprint density at radius 2 is 1.68 bits per heavy atom. The molecule has 0 N–H and O–H groups in total. The summed E-state index contributed by atoms with van der Waals surface area (Å²) in [5, 5.41) is 1.02. The highest BCUT2D eigenvalue weighted by atomic mass is 32.2. The van der Waals surface area contributed by atoms with Gasteiger partial charge in [0.15, 0.2) is 5.65 Å². The highest BCUT2D eigenvalue weighted by Crippen LogP contribution is 2.30. The van der Waals surface area contributed by atoms with Gasteiger partial charge in [-0.2, -0.15) is 4.31 Å². The summed E-state index contributed by atoms with van der Waals surface area (Å²) in [4.78, 5) is 9.34. The summed E-state index contributed by atoms with van der Waals surface area (Å²) >= 11 is 0. The van der Waals surface area contributed by atoms with Gasteiger partial charge in [0.25, 0.3) is 0 Å². The zero-order valence-corrected chi connectivity index (χ0v) is 14.6. The van der Waals surface area contributed by atoms with Gasteiger partial charge in [-0.15, -0.1) is 0 Å². The van der Waals surface area contributed by atoms with Crippen LogP contribution in [0, 0.1) is 0 Å². The number of sulfonamides is 1. The van der Waals surface area contributed by atoms with E-state index in [1.165, 1.54) is 0 Å². The second-order valence-electron chi connectivity index (χ2n) is 6.28. The molecule has 1 aliphatic rings. The zero-order chi connectivity index (χ0) is 17.3. The van der Waals surface area contributed by atoms with E-state index in [-0.39, 0.29) is 5.92 Å². The monoisotopic (exact) mass is 353 g/mol. The molecule has 2 aromatic heterocycles. The maximum atomic E-state index is 12.7. The molecule has 6 heteroatoms. The number of hydrogen-bond donors (Lipinski definition) is 0. The van der Waals surface area contributed by atoms with Crippen LogP contribution in [-0.2, 0) is 10.0 Å². The largest absolute Gasteiger partial charge is 0.243 e. The fourth-order valence-electron chi connectivity index (χ4n) is 3.33. The molecule has 0 atom stereocenters. The molecule has 3 heterocycles. The van der Waals surface area contributed by atoms with E-state index in [0.717, 1.165) is 29.6 Å². The Bertz CT molecular complexity index is 982. The molecule has 0 bridgehead atoms. The predicted molar refractivity (Wildman–Crippen MR) is 96.7 cm³/mol. The third kappa shape index (κ3) is 3.15. The van der Waals surface area contributed by atoms with Gasteiger partial charge in [-0.1, -0.05) is 18.2 Å². The molecule has 25 heavy (non-hydrogen) atoms. The number of pyridine rings is 2. The van der Waals surface area contributed by atoms with Gasteiger partial charge in [0.05, 0.1) is 4.90 Å². The maximum absolute atomic E-state index is 12.7. The first-order valence-corrected chi connectivity index (χ1v) is 9.85. The van der Waals surface area contributed by atoms with Crippen LogP contribution in [0.3, 0.4) is 0 Å². The molecule has 0 amide bonds. The number of nitrogens with zero attached hydrogens (tertiary/aromatic N) is 3. The second kappa shape index (κ2) is 6.54. The molecule has 3 aromatic rings. The Balaban J connectivity index is 1.51. The van der Waals surface area contributed by atoms with Gasteiger partial charge in [-0.05, 0) is 49.2 Å². The Morgan fingerprint density at radius 1 is 0.920 bits per heavy atom. The van der Waals surface area contributed by atoms with E-state index in [2.05, 4.69) is 9.97 Å². The fraction of sp³-hybridized carbons (Fsp3) is 0.263. The highest BCUT2D eigenvalue weighted by Gasteiger charge is 2.30. The molecule has 1 saturated heterocycles. The average Bonchev–Trinajstić information content (AvgIpc) is 2.68. The summed E-state index contributed by atoms with van der Waals surface area (Å²) in [6, 6.07) is 16.6. The Labute approximate surface area is 147 Å². The van der Waals surface area contributed by atoms with Gasteiger partial charge in [-0.25, -0.2) is 18.4 Å². The van der Waals surface area contributed by atoms with Crippen LogP contribution in [0.25, 0.3) is 11.0 Å². The molecular weight excluding hydrogens is 334 g/mol. The third-order valence-electron chi connectivity index (χ3n) is 4.74. The number of benzene rings is 1. The standard InChI is InChI=1S/C19H19N3O2S/c23-25(24,17-6-2-1-3-7-17)22-13-10-15(11-14-22)18-9-8-16-5-4-12-20-19(16)21-18/h1-9,12,15H,10-11,13-14H2. The van der Waals surface area contributed by atoms with Crippen LogP contribution in [0.1, 0.15) is 24.5 Å². The predicted octanol–water partition coefficient (Wildman–Crippen LogP) is 3.20. The van der Waals surface area contributed by atoms with E-state index in [0.29, 0.717) is 18.0 Å². The third-order valence-corrected chi connectivity index (χ3v) is 6.65. The van der Waals surface area contributed by atoms with Crippen molar-refractivity contribution < 1.29 is 8.42 Å².